The smallest absolute Gasteiger partial charge is 0.253 e. The van der Waals surface area contributed by atoms with Crippen molar-refractivity contribution in [3.05, 3.63) is 56.4 Å². The summed E-state index contributed by atoms with van der Waals surface area (Å²) in [6.45, 7) is 1.84. The van der Waals surface area contributed by atoms with Crippen LogP contribution < -0.4 is 5.56 Å². The molecule has 0 aliphatic carbocycles. The van der Waals surface area contributed by atoms with Crippen LogP contribution in [0.4, 0.5) is 0 Å². The van der Waals surface area contributed by atoms with Crippen molar-refractivity contribution < 1.29 is 0 Å². The van der Waals surface area contributed by atoms with E-state index in [0.717, 1.165) is 15.7 Å². The summed E-state index contributed by atoms with van der Waals surface area (Å²) in [7, 11) is 1.74. The molecule has 2 rings (SSSR count). The Morgan fingerprint density at radius 2 is 2.24 bits per heavy atom. The van der Waals surface area contributed by atoms with Gasteiger partial charge in [0.1, 0.15) is 5.82 Å². The van der Waals surface area contributed by atoms with E-state index in [4.69, 9.17) is 0 Å². The second kappa shape index (κ2) is 4.79. The van der Waals surface area contributed by atoms with Crippen LogP contribution in [0.1, 0.15) is 17.1 Å². The number of rotatable bonds is 2. The van der Waals surface area contributed by atoms with Crippen LogP contribution in [0, 0.1) is 6.92 Å². The van der Waals surface area contributed by atoms with Crippen molar-refractivity contribution in [2.75, 3.05) is 0 Å². The minimum absolute atomic E-state index is 0.00413. The largest absolute Gasteiger partial charge is 0.317 e. The summed E-state index contributed by atoms with van der Waals surface area (Å²) in [5.74, 6) is 0.717. The number of hydrogen-bond acceptors (Lipinski definition) is 3. The zero-order valence-electron chi connectivity index (χ0n) is 9.64. The van der Waals surface area contributed by atoms with E-state index in [9.17, 15) is 4.79 Å². The predicted octanol–water partition coefficient (Wildman–Crippen LogP) is 1.84. The van der Waals surface area contributed by atoms with E-state index in [0.29, 0.717) is 12.2 Å². The first-order chi connectivity index (χ1) is 8.06. The van der Waals surface area contributed by atoms with E-state index in [1.807, 2.05) is 19.1 Å². The van der Waals surface area contributed by atoms with E-state index in [-0.39, 0.29) is 5.56 Å². The molecule has 0 aliphatic heterocycles. The van der Waals surface area contributed by atoms with Gasteiger partial charge in [-0.1, -0.05) is 0 Å². The van der Waals surface area contributed by atoms with Gasteiger partial charge in [0, 0.05) is 41.6 Å². The zero-order valence-corrected chi connectivity index (χ0v) is 11.2. The number of halogens is 1. The highest BCUT2D eigenvalue weighted by molar-refractivity contribution is 9.10. The van der Waals surface area contributed by atoms with Crippen molar-refractivity contribution in [1.82, 2.24) is 14.5 Å². The monoisotopic (exact) mass is 293 g/mol. The number of pyridine rings is 1. The lowest BCUT2D eigenvalue weighted by Gasteiger charge is -2.05. The standard InChI is InChI=1S/C12H12BrN3O/c1-8-14-4-3-11(15-8)6-9-5-10(13)7-16(2)12(9)17/h3-5,7H,6H2,1-2H3. The highest BCUT2D eigenvalue weighted by Gasteiger charge is 2.06. The Morgan fingerprint density at radius 3 is 2.94 bits per heavy atom. The Morgan fingerprint density at radius 1 is 1.47 bits per heavy atom. The maximum atomic E-state index is 11.9. The first-order valence-electron chi connectivity index (χ1n) is 5.20. The summed E-state index contributed by atoms with van der Waals surface area (Å²) < 4.78 is 2.45. The summed E-state index contributed by atoms with van der Waals surface area (Å²) in [5, 5.41) is 0. The van der Waals surface area contributed by atoms with E-state index in [2.05, 4.69) is 25.9 Å². The van der Waals surface area contributed by atoms with Gasteiger partial charge in [0.2, 0.25) is 0 Å². The molecule has 2 aromatic heterocycles. The lowest BCUT2D eigenvalue weighted by molar-refractivity contribution is 0.828. The Hall–Kier alpha value is -1.49. The zero-order chi connectivity index (χ0) is 12.4. The molecule has 0 bridgehead atoms. The van der Waals surface area contributed by atoms with Gasteiger partial charge in [0.25, 0.3) is 5.56 Å². The van der Waals surface area contributed by atoms with Gasteiger partial charge in [-0.25, -0.2) is 9.97 Å². The van der Waals surface area contributed by atoms with Crippen molar-refractivity contribution in [2.45, 2.75) is 13.3 Å². The quantitative estimate of drug-likeness (QED) is 0.849. The molecule has 5 heteroatoms. The molecule has 0 N–H and O–H groups in total. The van der Waals surface area contributed by atoms with Crippen LogP contribution >= 0.6 is 15.9 Å². The number of hydrogen-bond donors (Lipinski definition) is 0. The molecule has 0 spiro atoms. The number of nitrogens with zero attached hydrogens (tertiary/aromatic N) is 3. The molecule has 4 nitrogen and oxygen atoms in total. The molecule has 88 valence electrons. The maximum absolute atomic E-state index is 11.9. The van der Waals surface area contributed by atoms with Crippen molar-refractivity contribution in [2.24, 2.45) is 7.05 Å². The molecule has 0 radical (unpaired) electrons. The summed E-state index contributed by atoms with van der Waals surface area (Å²) in [5.41, 5.74) is 1.58. The minimum atomic E-state index is 0.00413. The first kappa shape index (κ1) is 12.0. The summed E-state index contributed by atoms with van der Waals surface area (Å²) in [4.78, 5) is 20.2. The maximum Gasteiger partial charge on any atom is 0.253 e. The van der Waals surface area contributed by atoms with E-state index in [1.54, 1.807) is 24.0 Å². The Labute approximate surface area is 107 Å². The average Bonchev–Trinajstić information content (AvgIpc) is 2.25. The van der Waals surface area contributed by atoms with E-state index >= 15 is 0 Å². The van der Waals surface area contributed by atoms with Gasteiger partial charge in [-0.15, -0.1) is 0 Å². The van der Waals surface area contributed by atoms with Gasteiger partial charge in [-0.2, -0.15) is 0 Å². The van der Waals surface area contributed by atoms with Crippen LogP contribution in [-0.4, -0.2) is 14.5 Å². The van der Waals surface area contributed by atoms with Gasteiger partial charge >= 0.3 is 0 Å². The van der Waals surface area contributed by atoms with Crippen LogP contribution in [0.15, 0.2) is 33.8 Å². The van der Waals surface area contributed by atoms with Crippen molar-refractivity contribution in [3.63, 3.8) is 0 Å². The predicted molar refractivity (Wildman–Crippen MR) is 69.0 cm³/mol. The van der Waals surface area contributed by atoms with Gasteiger partial charge in [-0.05, 0) is 35.0 Å². The molecule has 0 saturated carbocycles. The molecular formula is C12H12BrN3O. The number of aryl methyl sites for hydroxylation is 2. The van der Waals surface area contributed by atoms with Crippen LogP contribution in [0.2, 0.25) is 0 Å². The molecule has 0 atom stereocenters. The van der Waals surface area contributed by atoms with Gasteiger partial charge in [0.05, 0.1) is 0 Å². The minimum Gasteiger partial charge on any atom is -0.317 e. The molecule has 17 heavy (non-hydrogen) atoms. The SMILES string of the molecule is Cc1nccc(Cc2cc(Br)cn(C)c2=O)n1. The molecule has 0 fully saturated rings. The lowest BCUT2D eigenvalue weighted by atomic mass is 10.1. The molecule has 2 heterocycles. The van der Waals surface area contributed by atoms with Gasteiger partial charge in [-0.3, -0.25) is 4.79 Å². The molecule has 0 aromatic carbocycles. The van der Waals surface area contributed by atoms with Crippen molar-refractivity contribution in [1.29, 1.82) is 0 Å². The summed E-state index contributed by atoms with van der Waals surface area (Å²) in [6.07, 6.45) is 3.98. The summed E-state index contributed by atoms with van der Waals surface area (Å²) >= 11 is 3.38. The fourth-order valence-electron chi connectivity index (χ4n) is 1.66. The second-order valence-electron chi connectivity index (χ2n) is 3.87. The molecule has 0 aliphatic rings. The topological polar surface area (TPSA) is 47.8 Å². The Bertz CT molecular complexity index is 607. The lowest BCUT2D eigenvalue weighted by Crippen LogP contribution is -2.20. The third-order valence-corrected chi connectivity index (χ3v) is 2.86. The van der Waals surface area contributed by atoms with Crippen LogP contribution in [-0.2, 0) is 13.5 Å². The fraction of sp³-hybridized carbons (Fsp3) is 0.250. The second-order valence-corrected chi connectivity index (χ2v) is 4.79. The Kier molecular flexibility index (Phi) is 3.38. The summed E-state index contributed by atoms with van der Waals surface area (Å²) in [6, 6.07) is 3.66. The molecule has 0 amide bonds. The van der Waals surface area contributed by atoms with Crippen molar-refractivity contribution in [3.8, 4) is 0 Å². The van der Waals surface area contributed by atoms with Crippen LogP contribution in [0.25, 0.3) is 0 Å². The third kappa shape index (κ3) is 2.79. The first-order valence-corrected chi connectivity index (χ1v) is 5.99. The van der Waals surface area contributed by atoms with Crippen LogP contribution in [0.5, 0.6) is 0 Å². The van der Waals surface area contributed by atoms with E-state index < -0.39 is 0 Å². The fourth-order valence-corrected chi connectivity index (χ4v) is 2.24. The van der Waals surface area contributed by atoms with E-state index in [1.165, 1.54) is 0 Å². The molecule has 0 saturated heterocycles. The molecular weight excluding hydrogens is 282 g/mol. The third-order valence-electron chi connectivity index (χ3n) is 2.43. The van der Waals surface area contributed by atoms with Crippen molar-refractivity contribution >= 4 is 15.9 Å². The van der Waals surface area contributed by atoms with Gasteiger partial charge < -0.3 is 4.57 Å². The average molecular weight is 294 g/mol. The number of aromatic nitrogens is 3. The highest BCUT2D eigenvalue weighted by Crippen LogP contribution is 2.10. The normalized spacial score (nSPS) is 10.5. The molecule has 0 unspecified atom stereocenters. The molecule has 2 aromatic rings. The Balaban J connectivity index is 2.40. The van der Waals surface area contributed by atoms with Crippen LogP contribution in [0.3, 0.4) is 0 Å². The highest BCUT2D eigenvalue weighted by atomic mass is 79.9. The van der Waals surface area contributed by atoms with Gasteiger partial charge in [0.15, 0.2) is 0 Å².